The second kappa shape index (κ2) is 7.22. The summed E-state index contributed by atoms with van der Waals surface area (Å²) in [7, 11) is 0. The van der Waals surface area contributed by atoms with Crippen LogP contribution in [0.1, 0.15) is 25.0 Å². The van der Waals surface area contributed by atoms with Crippen molar-refractivity contribution in [2.24, 2.45) is 0 Å². The summed E-state index contributed by atoms with van der Waals surface area (Å²) >= 11 is 0. The Labute approximate surface area is 120 Å². The molecule has 1 fully saturated rings. The molecule has 1 aliphatic rings. The van der Waals surface area contributed by atoms with Crippen LogP contribution >= 0.6 is 0 Å². The molecule has 0 aromatic heterocycles. The van der Waals surface area contributed by atoms with Crippen molar-refractivity contribution in [3.63, 3.8) is 0 Å². The minimum absolute atomic E-state index is 0.0210. The van der Waals surface area contributed by atoms with Crippen molar-refractivity contribution in [2.45, 2.75) is 27.0 Å². The molecule has 2 rings (SSSR count). The fourth-order valence-electron chi connectivity index (χ4n) is 2.07. The number of carbonyl (C=O) groups excluding carboxylic acids is 1. The number of hydrogen-bond acceptors (Lipinski definition) is 3. The Morgan fingerprint density at radius 1 is 1.30 bits per heavy atom. The maximum Gasteiger partial charge on any atom is 0.247 e. The van der Waals surface area contributed by atoms with E-state index in [4.69, 9.17) is 4.74 Å². The number of amides is 1. The zero-order chi connectivity index (χ0) is 14.4. The monoisotopic (exact) mass is 274 g/mol. The van der Waals surface area contributed by atoms with E-state index < -0.39 is 0 Å². The standard InChI is InChI=1S/C16H22N2O2/c1-3-20-11-14-7-5-4-6-13(14)10-18-16(19)12(2)15-8-17-9-15/h4-7,17H,3,8-11H2,1-2H3,(H,18,19). The molecule has 20 heavy (non-hydrogen) atoms. The molecule has 0 spiro atoms. The maximum absolute atomic E-state index is 12.0. The van der Waals surface area contributed by atoms with Crippen LogP contribution in [0.3, 0.4) is 0 Å². The highest BCUT2D eigenvalue weighted by Gasteiger charge is 2.15. The van der Waals surface area contributed by atoms with E-state index in [0.29, 0.717) is 19.8 Å². The number of benzene rings is 1. The number of hydrogen-bond donors (Lipinski definition) is 2. The molecule has 1 amide bonds. The first-order valence-electron chi connectivity index (χ1n) is 7.04. The van der Waals surface area contributed by atoms with E-state index in [-0.39, 0.29) is 5.91 Å². The lowest BCUT2D eigenvalue weighted by Crippen LogP contribution is -2.37. The maximum atomic E-state index is 12.0. The lowest BCUT2D eigenvalue weighted by Gasteiger charge is -2.21. The van der Waals surface area contributed by atoms with Crippen LogP contribution in [0.25, 0.3) is 0 Å². The van der Waals surface area contributed by atoms with Gasteiger partial charge in [0, 0.05) is 31.8 Å². The van der Waals surface area contributed by atoms with Crippen LogP contribution < -0.4 is 10.6 Å². The molecule has 108 valence electrons. The Morgan fingerprint density at radius 3 is 2.60 bits per heavy atom. The highest BCUT2D eigenvalue weighted by atomic mass is 16.5. The van der Waals surface area contributed by atoms with E-state index in [0.717, 1.165) is 29.8 Å². The summed E-state index contributed by atoms with van der Waals surface area (Å²) in [5, 5.41) is 6.13. The Hall–Kier alpha value is -1.65. The highest BCUT2D eigenvalue weighted by Crippen LogP contribution is 2.12. The third-order valence-electron chi connectivity index (χ3n) is 3.57. The average Bonchev–Trinajstić information content (AvgIpc) is 2.41. The van der Waals surface area contributed by atoms with Gasteiger partial charge in [0.15, 0.2) is 0 Å². The van der Waals surface area contributed by atoms with Crippen LogP contribution in [0, 0.1) is 0 Å². The molecule has 1 saturated heterocycles. The van der Waals surface area contributed by atoms with Crippen molar-refractivity contribution in [1.82, 2.24) is 10.6 Å². The lowest BCUT2D eigenvalue weighted by molar-refractivity contribution is -0.117. The van der Waals surface area contributed by atoms with E-state index in [9.17, 15) is 4.79 Å². The van der Waals surface area contributed by atoms with Gasteiger partial charge in [0.25, 0.3) is 0 Å². The Kier molecular flexibility index (Phi) is 5.32. The summed E-state index contributed by atoms with van der Waals surface area (Å²) in [6.45, 7) is 7.36. The van der Waals surface area contributed by atoms with Crippen molar-refractivity contribution in [3.8, 4) is 0 Å². The molecule has 0 aliphatic carbocycles. The van der Waals surface area contributed by atoms with Gasteiger partial charge in [-0.05, 0) is 30.5 Å². The van der Waals surface area contributed by atoms with Crippen LogP contribution in [-0.2, 0) is 22.7 Å². The molecule has 0 saturated carbocycles. The smallest absolute Gasteiger partial charge is 0.247 e. The predicted molar refractivity (Wildman–Crippen MR) is 79.2 cm³/mol. The molecule has 0 bridgehead atoms. The van der Waals surface area contributed by atoms with Gasteiger partial charge in [-0.3, -0.25) is 4.79 Å². The van der Waals surface area contributed by atoms with Crippen LogP contribution in [0.15, 0.2) is 35.4 Å². The molecule has 4 nitrogen and oxygen atoms in total. The lowest BCUT2D eigenvalue weighted by atomic mass is 10.0. The van der Waals surface area contributed by atoms with Gasteiger partial charge in [0.2, 0.25) is 5.91 Å². The molecule has 1 heterocycles. The van der Waals surface area contributed by atoms with E-state index in [1.165, 1.54) is 5.57 Å². The third kappa shape index (κ3) is 3.68. The fourth-order valence-corrected chi connectivity index (χ4v) is 2.07. The van der Waals surface area contributed by atoms with Gasteiger partial charge in [0.1, 0.15) is 0 Å². The van der Waals surface area contributed by atoms with Crippen LogP contribution in [0.2, 0.25) is 0 Å². The molecule has 4 heteroatoms. The average molecular weight is 274 g/mol. The topological polar surface area (TPSA) is 50.4 Å². The highest BCUT2D eigenvalue weighted by molar-refractivity contribution is 5.93. The van der Waals surface area contributed by atoms with Crippen molar-refractivity contribution in [2.75, 3.05) is 19.7 Å². The minimum Gasteiger partial charge on any atom is -0.377 e. The number of carbonyl (C=O) groups is 1. The molecule has 2 N–H and O–H groups in total. The summed E-state index contributed by atoms with van der Waals surface area (Å²) < 4.78 is 5.45. The van der Waals surface area contributed by atoms with Gasteiger partial charge in [0.05, 0.1) is 6.61 Å². The first kappa shape index (κ1) is 14.8. The Morgan fingerprint density at radius 2 is 2.00 bits per heavy atom. The summed E-state index contributed by atoms with van der Waals surface area (Å²) in [6.07, 6.45) is 0. The second-order valence-corrected chi connectivity index (χ2v) is 4.92. The van der Waals surface area contributed by atoms with Gasteiger partial charge in [-0.15, -0.1) is 0 Å². The van der Waals surface area contributed by atoms with Crippen molar-refractivity contribution >= 4 is 5.91 Å². The molecule has 0 atom stereocenters. The molecular weight excluding hydrogens is 252 g/mol. The zero-order valence-electron chi connectivity index (χ0n) is 12.2. The van der Waals surface area contributed by atoms with Crippen molar-refractivity contribution in [3.05, 3.63) is 46.5 Å². The summed E-state index contributed by atoms with van der Waals surface area (Å²) in [5.74, 6) is 0.0210. The largest absolute Gasteiger partial charge is 0.377 e. The fraction of sp³-hybridized carbons (Fsp3) is 0.438. The van der Waals surface area contributed by atoms with Gasteiger partial charge in [-0.25, -0.2) is 0 Å². The van der Waals surface area contributed by atoms with Crippen LogP contribution in [0.4, 0.5) is 0 Å². The van der Waals surface area contributed by atoms with Gasteiger partial charge < -0.3 is 15.4 Å². The van der Waals surface area contributed by atoms with E-state index in [1.807, 2.05) is 38.1 Å². The zero-order valence-corrected chi connectivity index (χ0v) is 12.2. The van der Waals surface area contributed by atoms with E-state index >= 15 is 0 Å². The normalized spacial score (nSPS) is 13.8. The summed E-state index contributed by atoms with van der Waals surface area (Å²) in [4.78, 5) is 12.0. The summed E-state index contributed by atoms with van der Waals surface area (Å²) in [6, 6.07) is 8.05. The second-order valence-electron chi connectivity index (χ2n) is 4.92. The SMILES string of the molecule is CCOCc1ccccc1CNC(=O)C(C)=C1CNC1. The van der Waals surface area contributed by atoms with Gasteiger partial charge in [-0.2, -0.15) is 0 Å². The van der Waals surface area contributed by atoms with Crippen molar-refractivity contribution < 1.29 is 9.53 Å². The Bertz CT molecular complexity index is 503. The number of nitrogens with one attached hydrogen (secondary N) is 2. The first-order chi connectivity index (χ1) is 9.72. The minimum atomic E-state index is 0.0210. The van der Waals surface area contributed by atoms with Crippen molar-refractivity contribution in [1.29, 1.82) is 0 Å². The van der Waals surface area contributed by atoms with E-state index in [1.54, 1.807) is 0 Å². The van der Waals surface area contributed by atoms with Gasteiger partial charge >= 0.3 is 0 Å². The molecule has 1 aromatic carbocycles. The van der Waals surface area contributed by atoms with Crippen LogP contribution in [0.5, 0.6) is 0 Å². The van der Waals surface area contributed by atoms with Gasteiger partial charge in [-0.1, -0.05) is 24.3 Å². The Balaban J connectivity index is 1.95. The molecule has 0 radical (unpaired) electrons. The number of ether oxygens (including phenoxy) is 1. The molecule has 1 aliphatic heterocycles. The predicted octanol–water partition coefficient (Wildman–Crippen LogP) is 1.76. The van der Waals surface area contributed by atoms with E-state index in [2.05, 4.69) is 10.6 Å². The summed E-state index contributed by atoms with van der Waals surface area (Å²) in [5.41, 5.74) is 4.28. The number of rotatable bonds is 6. The third-order valence-corrected chi connectivity index (χ3v) is 3.57. The molecule has 0 unspecified atom stereocenters. The first-order valence-corrected chi connectivity index (χ1v) is 7.04. The van der Waals surface area contributed by atoms with Crippen LogP contribution in [-0.4, -0.2) is 25.6 Å². The molecule has 1 aromatic rings. The molecular formula is C16H22N2O2. The quantitative estimate of drug-likeness (QED) is 0.777.